The molecule has 0 atom stereocenters. The molecule has 2 aromatic rings. The molecule has 3 nitrogen and oxygen atoms in total. The first-order chi connectivity index (χ1) is 8.70. The van der Waals surface area contributed by atoms with Crippen LogP contribution in [0.15, 0.2) is 28.8 Å². The molecule has 0 unspecified atom stereocenters. The highest BCUT2D eigenvalue weighted by Gasteiger charge is 2.03. The average Bonchev–Trinajstić information content (AvgIpc) is 2.82. The Hall–Kier alpha value is -1.61. The Morgan fingerprint density at radius 1 is 1.22 bits per heavy atom. The molecule has 0 saturated carbocycles. The lowest BCUT2D eigenvalue weighted by Gasteiger charge is -2.08. The fourth-order valence-corrected chi connectivity index (χ4v) is 1.90. The lowest BCUT2D eigenvalue weighted by atomic mass is 10.0. The molecule has 0 bridgehead atoms. The molecular weight excluding hydrogens is 224 g/mol. The fraction of sp³-hybridized carbons (Fsp3) is 0.400. The summed E-state index contributed by atoms with van der Waals surface area (Å²) in [7, 11) is 0. The number of aromatic nitrogens is 1. The third-order valence-electron chi connectivity index (χ3n) is 3.26. The highest BCUT2D eigenvalue weighted by atomic mass is 16.4. The van der Waals surface area contributed by atoms with Gasteiger partial charge in [0, 0.05) is 13.0 Å². The first-order valence-corrected chi connectivity index (χ1v) is 6.40. The molecule has 0 spiro atoms. The van der Waals surface area contributed by atoms with Gasteiger partial charge in [-0.3, -0.25) is 0 Å². The van der Waals surface area contributed by atoms with Crippen LogP contribution in [-0.2, 0) is 19.5 Å². The van der Waals surface area contributed by atoms with E-state index < -0.39 is 0 Å². The number of hydrogen-bond acceptors (Lipinski definition) is 3. The molecule has 3 heteroatoms. The van der Waals surface area contributed by atoms with E-state index in [-0.39, 0.29) is 0 Å². The van der Waals surface area contributed by atoms with Crippen LogP contribution < -0.4 is 5.32 Å². The van der Waals surface area contributed by atoms with Crippen molar-refractivity contribution < 1.29 is 4.42 Å². The topological polar surface area (TPSA) is 38.1 Å². The lowest BCUT2D eigenvalue weighted by molar-refractivity contribution is 0.439. The van der Waals surface area contributed by atoms with Crippen molar-refractivity contribution in [2.24, 2.45) is 0 Å². The van der Waals surface area contributed by atoms with Gasteiger partial charge in [0.05, 0.1) is 12.7 Å². The molecule has 0 fully saturated rings. The Morgan fingerprint density at radius 3 is 2.78 bits per heavy atom. The first kappa shape index (κ1) is 12.8. The Kier molecular flexibility index (Phi) is 4.15. The van der Waals surface area contributed by atoms with Crippen LogP contribution >= 0.6 is 0 Å². The predicted molar refractivity (Wildman–Crippen MR) is 72.3 cm³/mol. The van der Waals surface area contributed by atoms with Crippen molar-refractivity contribution in [3.05, 3.63) is 52.7 Å². The summed E-state index contributed by atoms with van der Waals surface area (Å²) < 4.78 is 5.55. The van der Waals surface area contributed by atoms with Crippen LogP contribution in [0.2, 0.25) is 0 Å². The Balaban J connectivity index is 1.90. The van der Waals surface area contributed by atoms with Gasteiger partial charge in [0.1, 0.15) is 5.76 Å². The highest BCUT2D eigenvalue weighted by Crippen LogP contribution is 2.12. The molecule has 1 aromatic carbocycles. The van der Waals surface area contributed by atoms with E-state index >= 15 is 0 Å². The van der Waals surface area contributed by atoms with Crippen molar-refractivity contribution >= 4 is 0 Å². The summed E-state index contributed by atoms with van der Waals surface area (Å²) in [6.07, 6.45) is 2.69. The van der Waals surface area contributed by atoms with Crippen molar-refractivity contribution in [3.8, 4) is 0 Å². The van der Waals surface area contributed by atoms with Crippen LogP contribution in [0, 0.1) is 13.8 Å². The SMILES string of the molecule is CCc1cnc(CNCc2cccc(C)c2C)o1. The van der Waals surface area contributed by atoms with Gasteiger partial charge >= 0.3 is 0 Å². The summed E-state index contributed by atoms with van der Waals surface area (Å²) in [5, 5.41) is 3.37. The van der Waals surface area contributed by atoms with Gasteiger partial charge in [0.2, 0.25) is 5.89 Å². The average molecular weight is 244 g/mol. The molecular formula is C15H20N2O. The zero-order chi connectivity index (χ0) is 13.0. The van der Waals surface area contributed by atoms with Crippen molar-refractivity contribution in [2.75, 3.05) is 0 Å². The van der Waals surface area contributed by atoms with E-state index in [4.69, 9.17) is 4.42 Å². The van der Waals surface area contributed by atoms with Gasteiger partial charge in [-0.2, -0.15) is 0 Å². The molecule has 0 saturated heterocycles. The van der Waals surface area contributed by atoms with Crippen LogP contribution in [0.25, 0.3) is 0 Å². The number of hydrogen-bond donors (Lipinski definition) is 1. The third kappa shape index (κ3) is 2.99. The van der Waals surface area contributed by atoms with E-state index in [1.807, 2.05) is 0 Å². The van der Waals surface area contributed by atoms with Gasteiger partial charge in [0.25, 0.3) is 0 Å². The highest BCUT2D eigenvalue weighted by molar-refractivity contribution is 5.32. The summed E-state index contributed by atoms with van der Waals surface area (Å²) in [5.41, 5.74) is 4.02. The zero-order valence-corrected chi connectivity index (χ0v) is 11.3. The minimum atomic E-state index is 0.674. The fourth-order valence-electron chi connectivity index (χ4n) is 1.90. The largest absolute Gasteiger partial charge is 0.444 e. The summed E-state index contributed by atoms with van der Waals surface area (Å²) in [6.45, 7) is 7.88. The van der Waals surface area contributed by atoms with E-state index in [1.54, 1.807) is 6.20 Å². The summed E-state index contributed by atoms with van der Waals surface area (Å²) in [6, 6.07) is 6.39. The summed E-state index contributed by atoms with van der Waals surface area (Å²) >= 11 is 0. The second-order valence-electron chi connectivity index (χ2n) is 4.54. The van der Waals surface area contributed by atoms with Crippen molar-refractivity contribution in [2.45, 2.75) is 40.3 Å². The molecule has 0 aliphatic carbocycles. The van der Waals surface area contributed by atoms with E-state index in [0.29, 0.717) is 6.54 Å². The smallest absolute Gasteiger partial charge is 0.208 e. The van der Waals surface area contributed by atoms with Crippen LogP contribution in [0.1, 0.15) is 35.3 Å². The number of benzene rings is 1. The monoisotopic (exact) mass is 244 g/mol. The maximum Gasteiger partial charge on any atom is 0.208 e. The zero-order valence-electron chi connectivity index (χ0n) is 11.3. The maximum absolute atomic E-state index is 5.55. The molecule has 0 aliphatic heterocycles. The Bertz CT molecular complexity index is 517. The number of nitrogens with zero attached hydrogens (tertiary/aromatic N) is 1. The standard InChI is InChI=1S/C15H20N2O/c1-4-14-9-17-15(18-14)10-16-8-13-7-5-6-11(2)12(13)3/h5-7,9,16H,4,8,10H2,1-3H3. The van der Waals surface area contributed by atoms with Crippen molar-refractivity contribution in [1.29, 1.82) is 0 Å². The Morgan fingerprint density at radius 2 is 2.06 bits per heavy atom. The molecule has 1 aromatic heterocycles. The van der Waals surface area contributed by atoms with Gasteiger partial charge < -0.3 is 9.73 Å². The molecule has 2 rings (SSSR count). The second kappa shape index (κ2) is 5.83. The number of nitrogens with one attached hydrogen (secondary N) is 1. The van der Waals surface area contributed by atoms with Gasteiger partial charge in [0.15, 0.2) is 0 Å². The van der Waals surface area contributed by atoms with E-state index in [0.717, 1.165) is 24.6 Å². The van der Waals surface area contributed by atoms with Gasteiger partial charge in [-0.25, -0.2) is 4.98 Å². The van der Waals surface area contributed by atoms with Crippen molar-refractivity contribution in [1.82, 2.24) is 10.3 Å². The molecule has 18 heavy (non-hydrogen) atoms. The molecule has 0 aliphatic rings. The van der Waals surface area contributed by atoms with Gasteiger partial charge in [-0.1, -0.05) is 25.1 Å². The molecule has 1 N–H and O–H groups in total. The normalized spacial score (nSPS) is 10.8. The number of rotatable bonds is 5. The van der Waals surface area contributed by atoms with Crippen LogP contribution in [0.3, 0.4) is 0 Å². The minimum absolute atomic E-state index is 0.674. The van der Waals surface area contributed by atoms with E-state index in [2.05, 4.69) is 49.3 Å². The van der Waals surface area contributed by atoms with Crippen LogP contribution in [0.5, 0.6) is 0 Å². The molecule has 1 heterocycles. The van der Waals surface area contributed by atoms with Gasteiger partial charge in [-0.15, -0.1) is 0 Å². The third-order valence-corrected chi connectivity index (χ3v) is 3.26. The Labute approximate surface area is 108 Å². The lowest BCUT2D eigenvalue weighted by Crippen LogP contribution is -2.14. The second-order valence-corrected chi connectivity index (χ2v) is 4.54. The number of aryl methyl sites for hydroxylation is 2. The maximum atomic E-state index is 5.55. The minimum Gasteiger partial charge on any atom is -0.444 e. The van der Waals surface area contributed by atoms with Crippen molar-refractivity contribution in [3.63, 3.8) is 0 Å². The molecule has 0 radical (unpaired) electrons. The molecule has 0 amide bonds. The van der Waals surface area contributed by atoms with Crippen LogP contribution in [0.4, 0.5) is 0 Å². The first-order valence-electron chi connectivity index (χ1n) is 6.40. The van der Waals surface area contributed by atoms with E-state index in [9.17, 15) is 0 Å². The van der Waals surface area contributed by atoms with Gasteiger partial charge in [-0.05, 0) is 30.5 Å². The number of oxazole rings is 1. The predicted octanol–water partition coefficient (Wildman–Crippen LogP) is 3.14. The summed E-state index contributed by atoms with van der Waals surface area (Å²) in [5.74, 6) is 1.70. The molecule has 96 valence electrons. The van der Waals surface area contributed by atoms with E-state index in [1.165, 1.54) is 16.7 Å². The summed E-state index contributed by atoms with van der Waals surface area (Å²) in [4.78, 5) is 4.23. The quantitative estimate of drug-likeness (QED) is 0.878. The van der Waals surface area contributed by atoms with Crippen LogP contribution in [-0.4, -0.2) is 4.98 Å².